The minimum atomic E-state index is 0.208. The number of benzene rings is 1. The molecule has 0 aliphatic heterocycles. The van der Waals surface area contributed by atoms with Crippen LogP contribution < -0.4 is 0 Å². The lowest BCUT2D eigenvalue weighted by Crippen LogP contribution is -1.96. The van der Waals surface area contributed by atoms with Gasteiger partial charge in [0, 0.05) is 18.4 Å². The highest BCUT2D eigenvalue weighted by Gasteiger charge is 2.05. The van der Waals surface area contributed by atoms with E-state index < -0.39 is 0 Å². The second-order valence-corrected chi connectivity index (χ2v) is 3.02. The van der Waals surface area contributed by atoms with Gasteiger partial charge in [0.2, 0.25) is 0 Å². The zero-order valence-electron chi connectivity index (χ0n) is 8.34. The minimum absolute atomic E-state index is 0.208. The van der Waals surface area contributed by atoms with E-state index >= 15 is 0 Å². The van der Waals surface area contributed by atoms with Crippen molar-refractivity contribution in [1.29, 1.82) is 0 Å². The van der Waals surface area contributed by atoms with Crippen molar-refractivity contribution in [2.75, 3.05) is 0 Å². The predicted molar refractivity (Wildman–Crippen MR) is 57.7 cm³/mol. The van der Waals surface area contributed by atoms with Gasteiger partial charge in [0.1, 0.15) is 5.78 Å². The van der Waals surface area contributed by atoms with E-state index in [0.717, 1.165) is 11.1 Å². The van der Waals surface area contributed by atoms with E-state index in [2.05, 4.69) is 18.4 Å². The zero-order chi connectivity index (χ0) is 10.4. The van der Waals surface area contributed by atoms with Crippen LogP contribution in [0.3, 0.4) is 0 Å². The molecule has 0 amide bonds. The van der Waals surface area contributed by atoms with E-state index in [1.807, 2.05) is 31.2 Å². The first-order valence-electron chi connectivity index (χ1n) is 4.65. The Hall–Kier alpha value is -1.59. The molecular formula is C13H13O. The number of ketones is 1. The summed E-state index contributed by atoms with van der Waals surface area (Å²) in [6.45, 7) is 5.46. The van der Waals surface area contributed by atoms with Crippen LogP contribution in [0.4, 0.5) is 0 Å². The van der Waals surface area contributed by atoms with Crippen molar-refractivity contribution in [2.24, 2.45) is 0 Å². The molecule has 0 saturated carbocycles. The molecule has 0 aliphatic rings. The van der Waals surface area contributed by atoms with Gasteiger partial charge in [0.25, 0.3) is 0 Å². The van der Waals surface area contributed by atoms with Gasteiger partial charge in [0.15, 0.2) is 0 Å². The Morgan fingerprint density at radius 3 is 2.93 bits per heavy atom. The van der Waals surface area contributed by atoms with Gasteiger partial charge in [-0.15, -0.1) is 5.73 Å². The molecule has 1 aromatic rings. The molecule has 0 fully saturated rings. The maximum absolute atomic E-state index is 11.3. The Labute approximate surface area is 84.8 Å². The van der Waals surface area contributed by atoms with E-state index in [1.54, 1.807) is 0 Å². The molecule has 14 heavy (non-hydrogen) atoms. The maximum Gasteiger partial charge on any atom is 0.137 e. The third kappa shape index (κ3) is 2.72. The molecular weight excluding hydrogens is 172 g/mol. The maximum atomic E-state index is 11.3. The van der Waals surface area contributed by atoms with Gasteiger partial charge in [-0.1, -0.05) is 31.7 Å². The number of carbonyl (C=O) groups excluding carboxylic acids is 1. The van der Waals surface area contributed by atoms with Gasteiger partial charge in [-0.3, -0.25) is 4.79 Å². The van der Waals surface area contributed by atoms with Crippen molar-refractivity contribution >= 4 is 11.4 Å². The monoisotopic (exact) mass is 185 g/mol. The van der Waals surface area contributed by atoms with Gasteiger partial charge < -0.3 is 0 Å². The summed E-state index contributed by atoms with van der Waals surface area (Å²) < 4.78 is 0. The molecule has 0 spiro atoms. The molecule has 0 bridgehead atoms. The summed E-state index contributed by atoms with van der Waals surface area (Å²) in [5.74, 6) is 0.208. The highest BCUT2D eigenvalue weighted by atomic mass is 16.1. The summed E-state index contributed by atoms with van der Waals surface area (Å²) in [4.78, 5) is 11.3. The van der Waals surface area contributed by atoms with E-state index in [1.165, 1.54) is 0 Å². The highest BCUT2D eigenvalue weighted by Crippen LogP contribution is 2.16. The molecule has 0 heterocycles. The molecule has 0 aromatic heterocycles. The summed E-state index contributed by atoms with van der Waals surface area (Å²) in [5.41, 5.74) is 4.64. The predicted octanol–water partition coefficient (Wildman–Crippen LogP) is 3.02. The molecule has 1 rings (SSSR count). The third-order valence-corrected chi connectivity index (χ3v) is 2.04. The second kappa shape index (κ2) is 5.21. The number of Topliss-reactive ketones (excluding diaryl/α,β-unsaturated/α-hetero) is 1. The van der Waals surface area contributed by atoms with Crippen LogP contribution in [0.2, 0.25) is 0 Å². The minimum Gasteiger partial charge on any atom is -0.299 e. The summed E-state index contributed by atoms with van der Waals surface area (Å²) in [6, 6.07) is 10.5. The van der Waals surface area contributed by atoms with Gasteiger partial charge in [-0.05, 0) is 17.7 Å². The van der Waals surface area contributed by atoms with E-state index in [9.17, 15) is 4.79 Å². The highest BCUT2D eigenvalue weighted by molar-refractivity contribution is 5.89. The molecule has 0 atom stereocenters. The van der Waals surface area contributed by atoms with Gasteiger partial charge in [0.05, 0.1) is 0 Å². The molecule has 0 unspecified atom stereocenters. The first-order chi connectivity index (χ1) is 6.77. The number of hydrogen-bond acceptors (Lipinski definition) is 1. The normalized spacial score (nSPS) is 9.21. The fraction of sp³-hybridized carbons (Fsp3) is 0.231. The molecule has 0 saturated heterocycles. The molecule has 1 nitrogen and oxygen atoms in total. The smallest absolute Gasteiger partial charge is 0.137 e. The molecule has 0 N–H and O–H groups in total. The number of allylic oxidation sites excluding steroid dienone is 1. The second-order valence-electron chi connectivity index (χ2n) is 3.02. The first kappa shape index (κ1) is 10.5. The average Bonchev–Trinajstić information content (AvgIpc) is 2.26. The number of rotatable bonds is 4. The van der Waals surface area contributed by atoms with E-state index in [0.29, 0.717) is 12.8 Å². The van der Waals surface area contributed by atoms with Crippen LogP contribution >= 0.6 is 0 Å². The lowest BCUT2D eigenvalue weighted by atomic mass is 10.0. The molecule has 1 aromatic carbocycles. The summed E-state index contributed by atoms with van der Waals surface area (Å²) in [6.07, 6.45) is 0.972. The Morgan fingerprint density at radius 2 is 2.43 bits per heavy atom. The fourth-order valence-corrected chi connectivity index (χ4v) is 1.17. The van der Waals surface area contributed by atoms with Gasteiger partial charge in [-0.25, -0.2) is 0 Å². The van der Waals surface area contributed by atoms with Crippen molar-refractivity contribution in [1.82, 2.24) is 0 Å². The Balaban J connectivity index is 2.85. The third-order valence-electron chi connectivity index (χ3n) is 2.04. The van der Waals surface area contributed by atoms with Gasteiger partial charge in [-0.2, -0.15) is 0 Å². The SMILES string of the molecule is C=C=C(CC(=O)CC)c1c[c]ccc1. The summed E-state index contributed by atoms with van der Waals surface area (Å²) in [5, 5.41) is 0. The molecule has 1 radical (unpaired) electrons. The lowest BCUT2D eigenvalue weighted by Gasteiger charge is -2.02. The fourth-order valence-electron chi connectivity index (χ4n) is 1.17. The van der Waals surface area contributed by atoms with Crippen LogP contribution in [0.5, 0.6) is 0 Å². The Bertz CT molecular complexity index is 356. The van der Waals surface area contributed by atoms with Crippen LogP contribution in [0.25, 0.3) is 5.57 Å². The molecule has 71 valence electrons. The zero-order valence-corrected chi connectivity index (χ0v) is 8.34. The van der Waals surface area contributed by atoms with Crippen molar-refractivity contribution in [3.63, 3.8) is 0 Å². The van der Waals surface area contributed by atoms with Gasteiger partial charge >= 0.3 is 0 Å². The molecule has 1 heteroatoms. The van der Waals surface area contributed by atoms with Crippen molar-refractivity contribution in [3.8, 4) is 0 Å². The molecule has 0 aliphatic carbocycles. The van der Waals surface area contributed by atoms with Crippen LogP contribution in [-0.4, -0.2) is 5.78 Å². The average molecular weight is 185 g/mol. The van der Waals surface area contributed by atoms with Crippen molar-refractivity contribution in [3.05, 3.63) is 48.2 Å². The van der Waals surface area contributed by atoms with Crippen LogP contribution in [-0.2, 0) is 4.79 Å². The van der Waals surface area contributed by atoms with Crippen LogP contribution in [0.15, 0.2) is 36.6 Å². The topological polar surface area (TPSA) is 17.1 Å². The quantitative estimate of drug-likeness (QED) is 0.659. The van der Waals surface area contributed by atoms with Crippen LogP contribution in [0, 0.1) is 6.07 Å². The number of carbonyl (C=O) groups is 1. The van der Waals surface area contributed by atoms with Crippen molar-refractivity contribution < 1.29 is 4.79 Å². The summed E-state index contributed by atoms with van der Waals surface area (Å²) in [7, 11) is 0. The summed E-state index contributed by atoms with van der Waals surface area (Å²) >= 11 is 0. The Morgan fingerprint density at radius 1 is 1.64 bits per heavy atom. The standard InChI is InChI=1S/C13H13O/c1-3-11(10-13(14)4-2)12-8-6-5-7-9-12/h5-6,8-9H,1,4,10H2,2H3. The lowest BCUT2D eigenvalue weighted by molar-refractivity contribution is -0.117. The number of hydrogen-bond donors (Lipinski definition) is 0. The van der Waals surface area contributed by atoms with E-state index in [4.69, 9.17) is 0 Å². The van der Waals surface area contributed by atoms with E-state index in [-0.39, 0.29) is 5.78 Å². The van der Waals surface area contributed by atoms with Crippen molar-refractivity contribution in [2.45, 2.75) is 19.8 Å². The Kier molecular flexibility index (Phi) is 3.90. The largest absolute Gasteiger partial charge is 0.299 e. The van der Waals surface area contributed by atoms with Crippen LogP contribution in [0.1, 0.15) is 25.3 Å². The first-order valence-corrected chi connectivity index (χ1v) is 4.65.